The number of benzene rings is 1. The summed E-state index contributed by atoms with van der Waals surface area (Å²) in [7, 11) is 0. The van der Waals surface area contributed by atoms with Crippen molar-refractivity contribution in [2.45, 2.75) is 51.2 Å². The van der Waals surface area contributed by atoms with Crippen molar-refractivity contribution >= 4 is 29.3 Å². The summed E-state index contributed by atoms with van der Waals surface area (Å²) in [6.07, 6.45) is 1.61. The number of halogens is 1. The van der Waals surface area contributed by atoms with E-state index in [0.29, 0.717) is 10.2 Å². The SMILES string of the molecule is CCC(CC)(NC(=O)CSc1nc(C)cc(C)n1)c1ccc(Cl)cc1. The Kier molecular flexibility index (Phi) is 6.85. The van der Waals surface area contributed by atoms with E-state index in [2.05, 4.69) is 29.1 Å². The number of aryl methyl sites for hydroxylation is 2. The maximum Gasteiger partial charge on any atom is 0.231 e. The van der Waals surface area contributed by atoms with E-state index >= 15 is 0 Å². The van der Waals surface area contributed by atoms with Gasteiger partial charge >= 0.3 is 0 Å². The van der Waals surface area contributed by atoms with Crippen LogP contribution in [-0.2, 0) is 10.3 Å². The maximum atomic E-state index is 12.5. The van der Waals surface area contributed by atoms with Gasteiger partial charge in [0.25, 0.3) is 0 Å². The van der Waals surface area contributed by atoms with Crippen LogP contribution in [0, 0.1) is 13.8 Å². The summed E-state index contributed by atoms with van der Waals surface area (Å²) < 4.78 is 0. The molecule has 0 aliphatic heterocycles. The minimum Gasteiger partial charge on any atom is -0.346 e. The summed E-state index contributed by atoms with van der Waals surface area (Å²) in [4.78, 5) is 21.3. The van der Waals surface area contributed by atoms with Gasteiger partial charge in [-0.3, -0.25) is 4.79 Å². The first-order valence-corrected chi connectivity index (χ1v) is 9.77. The number of carbonyl (C=O) groups is 1. The summed E-state index contributed by atoms with van der Waals surface area (Å²) in [5, 5.41) is 4.54. The fourth-order valence-corrected chi connectivity index (χ4v) is 3.74. The van der Waals surface area contributed by atoms with Crippen molar-refractivity contribution in [2.24, 2.45) is 0 Å². The number of aromatic nitrogens is 2. The van der Waals surface area contributed by atoms with Crippen LogP contribution in [0.1, 0.15) is 43.6 Å². The molecule has 0 bridgehead atoms. The second-order valence-electron chi connectivity index (χ2n) is 6.07. The Hall–Kier alpha value is -1.59. The minimum atomic E-state index is -0.383. The molecule has 134 valence electrons. The van der Waals surface area contributed by atoms with E-state index < -0.39 is 0 Å². The highest BCUT2D eigenvalue weighted by molar-refractivity contribution is 7.99. The zero-order valence-corrected chi connectivity index (χ0v) is 16.7. The Morgan fingerprint density at radius 3 is 2.20 bits per heavy atom. The van der Waals surface area contributed by atoms with E-state index in [4.69, 9.17) is 11.6 Å². The van der Waals surface area contributed by atoms with Crippen molar-refractivity contribution in [2.75, 3.05) is 5.75 Å². The second-order valence-corrected chi connectivity index (χ2v) is 7.45. The van der Waals surface area contributed by atoms with Gasteiger partial charge in [0.1, 0.15) is 0 Å². The second kappa shape index (κ2) is 8.68. The predicted octanol–water partition coefficient (Wildman–Crippen LogP) is 4.67. The lowest BCUT2D eigenvalue weighted by Gasteiger charge is -2.33. The topological polar surface area (TPSA) is 54.9 Å². The number of carbonyl (C=O) groups excluding carboxylic acids is 1. The van der Waals surface area contributed by atoms with Crippen molar-refractivity contribution in [1.82, 2.24) is 15.3 Å². The molecule has 6 heteroatoms. The van der Waals surface area contributed by atoms with Gasteiger partial charge in [-0.2, -0.15) is 0 Å². The first kappa shape index (κ1) is 19.7. The van der Waals surface area contributed by atoms with E-state index in [1.165, 1.54) is 11.8 Å². The first-order valence-electron chi connectivity index (χ1n) is 8.40. The number of nitrogens with one attached hydrogen (secondary N) is 1. The van der Waals surface area contributed by atoms with Gasteiger partial charge in [0.05, 0.1) is 11.3 Å². The third-order valence-electron chi connectivity index (χ3n) is 4.28. The zero-order valence-electron chi connectivity index (χ0n) is 15.1. The number of hydrogen-bond donors (Lipinski definition) is 1. The molecule has 1 amide bonds. The summed E-state index contributed by atoms with van der Waals surface area (Å²) >= 11 is 7.35. The van der Waals surface area contributed by atoms with Gasteiger partial charge in [-0.1, -0.05) is 49.3 Å². The van der Waals surface area contributed by atoms with Gasteiger partial charge in [-0.25, -0.2) is 9.97 Å². The Balaban J connectivity index is 2.08. The van der Waals surface area contributed by atoms with Crippen molar-refractivity contribution in [1.29, 1.82) is 0 Å². The normalized spacial score (nSPS) is 11.4. The lowest BCUT2D eigenvalue weighted by atomic mass is 9.84. The van der Waals surface area contributed by atoms with Gasteiger partial charge in [0.15, 0.2) is 5.16 Å². The van der Waals surface area contributed by atoms with Gasteiger partial charge in [0, 0.05) is 16.4 Å². The van der Waals surface area contributed by atoms with Crippen LogP contribution >= 0.6 is 23.4 Å². The van der Waals surface area contributed by atoms with Crippen molar-refractivity contribution < 1.29 is 4.79 Å². The highest BCUT2D eigenvalue weighted by atomic mass is 35.5. The van der Waals surface area contributed by atoms with Gasteiger partial charge in [-0.15, -0.1) is 0 Å². The van der Waals surface area contributed by atoms with Crippen LogP contribution in [0.5, 0.6) is 0 Å². The van der Waals surface area contributed by atoms with E-state index in [1.54, 1.807) is 0 Å². The molecule has 0 atom stereocenters. The van der Waals surface area contributed by atoms with E-state index in [1.807, 2.05) is 44.2 Å². The first-order chi connectivity index (χ1) is 11.9. The molecule has 25 heavy (non-hydrogen) atoms. The Bertz CT molecular complexity index is 710. The van der Waals surface area contributed by atoms with Crippen LogP contribution in [0.3, 0.4) is 0 Å². The minimum absolute atomic E-state index is 0.0218. The van der Waals surface area contributed by atoms with Crippen LogP contribution in [0.15, 0.2) is 35.5 Å². The summed E-state index contributed by atoms with van der Waals surface area (Å²) in [6.45, 7) is 8.02. The molecule has 0 aliphatic rings. The molecule has 1 aromatic carbocycles. The number of nitrogens with zero attached hydrogens (tertiary/aromatic N) is 2. The number of hydrogen-bond acceptors (Lipinski definition) is 4. The van der Waals surface area contributed by atoms with Crippen LogP contribution < -0.4 is 5.32 Å². The molecule has 1 aromatic heterocycles. The number of thioether (sulfide) groups is 1. The Labute approximate surface area is 158 Å². The predicted molar refractivity (Wildman–Crippen MR) is 104 cm³/mol. The molecule has 0 saturated carbocycles. The van der Waals surface area contributed by atoms with Crippen LogP contribution in [0.4, 0.5) is 0 Å². The van der Waals surface area contributed by atoms with Gasteiger partial charge < -0.3 is 5.32 Å². The molecule has 1 heterocycles. The third kappa shape index (κ3) is 5.19. The van der Waals surface area contributed by atoms with Crippen molar-refractivity contribution in [3.63, 3.8) is 0 Å². The third-order valence-corrected chi connectivity index (χ3v) is 5.38. The monoisotopic (exact) mass is 377 g/mol. The van der Waals surface area contributed by atoms with E-state index in [9.17, 15) is 4.79 Å². The van der Waals surface area contributed by atoms with Crippen molar-refractivity contribution in [3.05, 3.63) is 52.3 Å². The van der Waals surface area contributed by atoms with Gasteiger partial charge in [0.2, 0.25) is 5.91 Å². The zero-order chi connectivity index (χ0) is 18.4. The number of rotatable bonds is 7. The molecule has 2 rings (SSSR count). The lowest BCUT2D eigenvalue weighted by molar-refractivity contribution is -0.120. The fourth-order valence-electron chi connectivity index (χ4n) is 2.87. The molecule has 0 fully saturated rings. The molecule has 0 aliphatic carbocycles. The van der Waals surface area contributed by atoms with E-state index in [0.717, 1.165) is 29.8 Å². The quantitative estimate of drug-likeness (QED) is 0.562. The molecule has 1 N–H and O–H groups in total. The average Bonchev–Trinajstić information content (AvgIpc) is 2.58. The van der Waals surface area contributed by atoms with Crippen molar-refractivity contribution in [3.8, 4) is 0 Å². The van der Waals surface area contributed by atoms with Crippen LogP contribution in [0.2, 0.25) is 5.02 Å². The van der Waals surface area contributed by atoms with Gasteiger partial charge in [-0.05, 0) is 50.5 Å². The van der Waals surface area contributed by atoms with E-state index in [-0.39, 0.29) is 17.2 Å². The van der Waals surface area contributed by atoms with Crippen LogP contribution in [0.25, 0.3) is 0 Å². The molecule has 0 unspecified atom stereocenters. The van der Waals surface area contributed by atoms with Crippen LogP contribution in [-0.4, -0.2) is 21.6 Å². The average molecular weight is 378 g/mol. The highest BCUT2D eigenvalue weighted by Gasteiger charge is 2.30. The summed E-state index contributed by atoms with van der Waals surface area (Å²) in [5.41, 5.74) is 2.51. The largest absolute Gasteiger partial charge is 0.346 e. The number of amides is 1. The Morgan fingerprint density at radius 1 is 1.12 bits per heavy atom. The molecular weight excluding hydrogens is 354 g/mol. The standard InChI is InChI=1S/C19H24ClN3OS/c1-5-19(6-2,15-7-9-16(20)10-8-15)23-17(24)12-25-18-21-13(3)11-14(4)22-18/h7-11H,5-6,12H2,1-4H3,(H,23,24). The molecule has 0 saturated heterocycles. The molecular formula is C19H24ClN3OS. The summed E-state index contributed by atoms with van der Waals surface area (Å²) in [6, 6.07) is 9.61. The smallest absolute Gasteiger partial charge is 0.231 e. The Morgan fingerprint density at radius 2 is 1.68 bits per heavy atom. The fraction of sp³-hybridized carbons (Fsp3) is 0.421. The molecule has 0 spiro atoms. The summed E-state index contributed by atoms with van der Waals surface area (Å²) in [5.74, 6) is 0.268. The molecule has 4 nitrogen and oxygen atoms in total. The highest BCUT2D eigenvalue weighted by Crippen LogP contribution is 2.30. The molecule has 0 radical (unpaired) electrons. The molecule has 2 aromatic rings. The maximum absolute atomic E-state index is 12.5. The lowest BCUT2D eigenvalue weighted by Crippen LogP contribution is -2.45.